The van der Waals surface area contributed by atoms with Crippen LogP contribution in [0, 0.1) is 6.92 Å². The van der Waals surface area contributed by atoms with E-state index in [1.165, 1.54) is 5.56 Å². The van der Waals surface area contributed by atoms with Crippen molar-refractivity contribution in [3.05, 3.63) is 51.9 Å². The summed E-state index contributed by atoms with van der Waals surface area (Å²) in [6, 6.07) is 10.5. The molecule has 2 aromatic rings. The maximum Gasteiger partial charge on any atom is 0.124 e. The van der Waals surface area contributed by atoms with Crippen molar-refractivity contribution in [2.45, 2.75) is 25.9 Å². The first-order valence-electron chi connectivity index (χ1n) is 6.43. The number of hydrogen-bond acceptors (Lipinski definition) is 3. The van der Waals surface area contributed by atoms with Crippen molar-refractivity contribution < 1.29 is 9.15 Å². The van der Waals surface area contributed by atoms with Crippen LogP contribution in [0.3, 0.4) is 0 Å². The first kappa shape index (κ1) is 12.8. The Balaban J connectivity index is 1.74. The van der Waals surface area contributed by atoms with Gasteiger partial charge < -0.3 is 14.5 Å². The number of nitrogens with one attached hydrogen (secondary N) is 1. The van der Waals surface area contributed by atoms with Crippen molar-refractivity contribution in [1.29, 1.82) is 0 Å². The Kier molecular flexibility index (Phi) is 3.62. The van der Waals surface area contributed by atoms with Gasteiger partial charge in [-0.25, -0.2) is 0 Å². The fraction of sp³-hybridized carbons (Fsp3) is 0.333. The molecule has 3 nitrogen and oxygen atoms in total. The van der Waals surface area contributed by atoms with Crippen LogP contribution in [0.2, 0.25) is 0 Å². The number of benzene rings is 1. The third-order valence-corrected chi connectivity index (χ3v) is 3.82. The van der Waals surface area contributed by atoms with E-state index in [0.29, 0.717) is 6.04 Å². The lowest BCUT2D eigenvalue weighted by atomic mass is 10.0. The molecule has 0 spiro atoms. The molecule has 0 bridgehead atoms. The van der Waals surface area contributed by atoms with E-state index in [0.717, 1.165) is 41.3 Å². The molecule has 2 heterocycles. The Morgan fingerprint density at radius 2 is 2.21 bits per heavy atom. The van der Waals surface area contributed by atoms with Gasteiger partial charge in [0, 0.05) is 22.5 Å². The van der Waals surface area contributed by atoms with Gasteiger partial charge in [-0.1, -0.05) is 15.9 Å². The van der Waals surface area contributed by atoms with E-state index in [2.05, 4.69) is 27.3 Å². The summed E-state index contributed by atoms with van der Waals surface area (Å²) in [7, 11) is 0. The zero-order valence-electron chi connectivity index (χ0n) is 10.8. The van der Waals surface area contributed by atoms with Crippen LogP contribution in [-0.2, 0) is 6.54 Å². The number of ether oxygens (including phenoxy) is 1. The summed E-state index contributed by atoms with van der Waals surface area (Å²) in [6.45, 7) is 3.46. The molecule has 1 atom stereocenters. The molecule has 1 N–H and O–H groups in total. The number of rotatable bonds is 3. The number of hydrogen-bond donors (Lipinski definition) is 1. The third-order valence-electron chi connectivity index (χ3n) is 3.33. The molecule has 0 fully saturated rings. The molecule has 0 saturated carbocycles. The second kappa shape index (κ2) is 5.39. The van der Waals surface area contributed by atoms with Gasteiger partial charge in [0.25, 0.3) is 0 Å². The number of furan rings is 1. The van der Waals surface area contributed by atoms with Gasteiger partial charge in [-0.15, -0.1) is 0 Å². The molecule has 0 saturated heterocycles. The minimum atomic E-state index is 0.312. The van der Waals surface area contributed by atoms with Crippen LogP contribution < -0.4 is 10.1 Å². The van der Waals surface area contributed by atoms with Crippen molar-refractivity contribution in [1.82, 2.24) is 5.32 Å². The normalized spacial score (nSPS) is 17.9. The highest BCUT2D eigenvalue weighted by atomic mass is 79.9. The second-order valence-electron chi connectivity index (χ2n) is 4.77. The monoisotopic (exact) mass is 321 g/mol. The van der Waals surface area contributed by atoms with E-state index < -0.39 is 0 Å². The SMILES string of the molecule is Cc1ccc(CNC2CCOc3ccc(Br)cc32)o1. The predicted octanol–water partition coefficient (Wildman–Crippen LogP) is 3.96. The zero-order chi connectivity index (χ0) is 13.2. The van der Waals surface area contributed by atoms with Crippen LogP contribution in [-0.4, -0.2) is 6.61 Å². The highest BCUT2D eigenvalue weighted by Crippen LogP contribution is 2.34. The van der Waals surface area contributed by atoms with Gasteiger partial charge in [-0.2, -0.15) is 0 Å². The molecule has 100 valence electrons. The Bertz CT molecular complexity index is 579. The Hall–Kier alpha value is -1.26. The van der Waals surface area contributed by atoms with Crippen LogP contribution in [0.5, 0.6) is 5.75 Å². The van der Waals surface area contributed by atoms with Gasteiger partial charge >= 0.3 is 0 Å². The first-order chi connectivity index (χ1) is 9.22. The lowest BCUT2D eigenvalue weighted by Crippen LogP contribution is -2.26. The molecule has 4 heteroatoms. The standard InChI is InChI=1S/C15H16BrNO2/c1-10-2-4-12(19-10)9-17-14-6-7-18-15-5-3-11(16)8-13(14)15/h2-5,8,14,17H,6-7,9H2,1H3. The van der Waals surface area contributed by atoms with Gasteiger partial charge in [0.05, 0.1) is 13.2 Å². The third kappa shape index (κ3) is 2.85. The van der Waals surface area contributed by atoms with Crippen LogP contribution in [0.25, 0.3) is 0 Å². The highest BCUT2D eigenvalue weighted by Gasteiger charge is 2.21. The average Bonchev–Trinajstić information content (AvgIpc) is 2.82. The van der Waals surface area contributed by atoms with Crippen LogP contribution in [0.4, 0.5) is 0 Å². The molecule has 1 unspecified atom stereocenters. The van der Waals surface area contributed by atoms with Crippen molar-refractivity contribution in [2.24, 2.45) is 0 Å². The van der Waals surface area contributed by atoms with E-state index in [9.17, 15) is 0 Å². The Morgan fingerprint density at radius 3 is 3.00 bits per heavy atom. The molecule has 1 aromatic heterocycles. The summed E-state index contributed by atoms with van der Waals surface area (Å²) in [4.78, 5) is 0. The van der Waals surface area contributed by atoms with E-state index in [1.54, 1.807) is 0 Å². The molecular weight excluding hydrogens is 306 g/mol. The van der Waals surface area contributed by atoms with Crippen molar-refractivity contribution in [3.8, 4) is 5.75 Å². The van der Waals surface area contributed by atoms with E-state index in [-0.39, 0.29) is 0 Å². The van der Waals surface area contributed by atoms with Gasteiger partial charge in [-0.05, 0) is 37.3 Å². The van der Waals surface area contributed by atoms with Crippen molar-refractivity contribution in [2.75, 3.05) is 6.61 Å². The van der Waals surface area contributed by atoms with Crippen LogP contribution >= 0.6 is 15.9 Å². The molecule has 1 aliphatic heterocycles. The maximum atomic E-state index is 5.68. The largest absolute Gasteiger partial charge is 0.493 e. The van der Waals surface area contributed by atoms with E-state index in [4.69, 9.17) is 9.15 Å². The summed E-state index contributed by atoms with van der Waals surface area (Å²) >= 11 is 3.52. The smallest absolute Gasteiger partial charge is 0.124 e. The molecule has 0 aliphatic carbocycles. The number of fused-ring (bicyclic) bond motifs is 1. The molecule has 3 rings (SSSR count). The lowest BCUT2D eigenvalue weighted by molar-refractivity contribution is 0.249. The molecular formula is C15H16BrNO2. The van der Waals surface area contributed by atoms with Crippen LogP contribution in [0.1, 0.15) is 29.5 Å². The highest BCUT2D eigenvalue weighted by molar-refractivity contribution is 9.10. The summed E-state index contributed by atoms with van der Waals surface area (Å²) in [5, 5.41) is 3.54. The van der Waals surface area contributed by atoms with Crippen molar-refractivity contribution >= 4 is 15.9 Å². The number of aryl methyl sites for hydroxylation is 1. The van der Waals surface area contributed by atoms with Gasteiger partial charge in [-0.3, -0.25) is 0 Å². The quantitative estimate of drug-likeness (QED) is 0.929. The van der Waals surface area contributed by atoms with Gasteiger partial charge in [0.1, 0.15) is 17.3 Å². The lowest BCUT2D eigenvalue weighted by Gasteiger charge is -2.26. The fourth-order valence-electron chi connectivity index (χ4n) is 2.38. The number of halogens is 1. The molecule has 1 aromatic carbocycles. The Morgan fingerprint density at radius 1 is 1.32 bits per heavy atom. The summed E-state index contributed by atoms with van der Waals surface area (Å²) in [5.74, 6) is 2.90. The predicted molar refractivity (Wildman–Crippen MR) is 77.3 cm³/mol. The first-order valence-corrected chi connectivity index (χ1v) is 7.22. The summed E-state index contributed by atoms with van der Waals surface area (Å²) < 4.78 is 12.3. The summed E-state index contributed by atoms with van der Waals surface area (Å²) in [5.41, 5.74) is 1.21. The molecule has 19 heavy (non-hydrogen) atoms. The van der Waals surface area contributed by atoms with Gasteiger partial charge in [0.2, 0.25) is 0 Å². The minimum absolute atomic E-state index is 0.312. The Labute approximate surface area is 121 Å². The zero-order valence-corrected chi connectivity index (χ0v) is 12.4. The van der Waals surface area contributed by atoms with Gasteiger partial charge in [0.15, 0.2) is 0 Å². The maximum absolute atomic E-state index is 5.68. The van der Waals surface area contributed by atoms with E-state index in [1.807, 2.05) is 31.2 Å². The molecule has 1 aliphatic rings. The summed E-state index contributed by atoms with van der Waals surface area (Å²) in [6.07, 6.45) is 0.975. The van der Waals surface area contributed by atoms with Crippen molar-refractivity contribution in [3.63, 3.8) is 0 Å². The molecule has 0 radical (unpaired) electrons. The van der Waals surface area contributed by atoms with Crippen LogP contribution in [0.15, 0.2) is 39.2 Å². The average molecular weight is 322 g/mol. The van der Waals surface area contributed by atoms with E-state index >= 15 is 0 Å². The fourth-order valence-corrected chi connectivity index (χ4v) is 2.76. The minimum Gasteiger partial charge on any atom is -0.493 e. The molecule has 0 amide bonds. The topological polar surface area (TPSA) is 34.4 Å². The second-order valence-corrected chi connectivity index (χ2v) is 5.68.